The summed E-state index contributed by atoms with van der Waals surface area (Å²) in [7, 11) is 5.35. The van der Waals surface area contributed by atoms with Gasteiger partial charge in [-0.1, -0.05) is 18.2 Å². The van der Waals surface area contributed by atoms with E-state index in [4.69, 9.17) is 18.9 Å². The molecular formula is C23H25N3O8. The van der Waals surface area contributed by atoms with E-state index in [0.29, 0.717) is 0 Å². The van der Waals surface area contributed by atoms with Gasteiger partial charge in [0, 0.05) is 12.7 Å². The zero-order chi connectivity index (χ0) is 24.8. The van der Waals surface area contributed by atoms with Gasteiger partial charge in [0.25, 0.3) is 0 Å². The Bertz CT molecular complexity index is 1140. The molecule has 1 aromatic rings. The lowest BCUT2D eigenvalue weighted by Crippen LogP contribution is -2.55. The Hall–Kier alpha value is -3.89. The number of likely N-dealkylation sites (N-methyl/N-ethyl adjacent to an activating group) is 1. The van der Waals surface area contributed by atoms with Crippen molar-refractivity contribution in [3.8, 4) is 0 Å². The van der Waals surface area contributed by atoms with E-state index in [-0.39, 0.29) is 30.1 Å². The number of benzene rings is 1. The Morgan fingerprint density at radius 1 is 1.06 bits per heavy atom. The molecular weight excluding hydrogens is 446 g/mol. The third-order valence-corrected chi connectivity index (χ3v) is 6.54. The van der Waals surface area contributed by atoms with Crippen molar-refractivity contribution < 1.29 is 38.1 Å². The van der Waals surface area contributed by atoms with Crippen LogP contribution in [0.4, 0.5) is 10.5 Å². The SMILES string of the molecule is CCOC(=O)N1C2=NC(C(=O)OC)=C(C(=O)OC)C3N(C)c4ccccc4[C@]23CC1C(=O)OC. The Morgan fingerprint density at radius 2 is 1.74 bits per heavy atom. The topological polar surface area (TPSA) is 124 Å². The molecule has 180 valence electrons. The summed E-state index contributed by atoms with van der Waals surface area (Å²) in [4.78, 5) is 59.2. The Balaban J connectivity index is 2.08. The predicted molar refractivity (Wildman–Crippen MR) is 118 cm³/mol. The van der Waals surface area contributed by atoms with Crippen molar-refractivity contribution in [1.29, 1.82) is 0 Å². The van der Waals surface area contributed by atoms with Crippen molar-refractivity contribution in [2.24, 2.45) is 4.99 Å². The summed E-state index contributed by atoms with van der Waals surface area (Å²) in [5.41, 5.74) is 0.0303. The normalized spacial score (nSPS) is 24.6. The molecule has 4 rings (SSSR count). The van der Waals surface area contributed by atoms with Gasteiger partial charge in [-0.05, 0) is 25.0 Å². The lowest BCUT2D eigenvalue weighted by molar-refractivity contribution is -0.144. The van der Waals surface area contributed by atoms with Crippen molar-refractivity contribution in [1.82, 2.24) is 4.90 Å². The Morgan fingerprint density at radius 3 is 2.35 bits per heavy atom. The highest BCUT2D eigenvalue weighted by Gasteiger charge is 2.67. The molecule has 0 saturated carbocycles. The molecule has 1 aromatic carbocycles. The number of carbonyl (C=O) groups excluding carboxylic acids is 4. The average Bonchev–Trinajstić information content (AvgIpc) is 3.33. The van der Waals surface area contributed by atoms with Gasteiger partial charge in [0.05, 0.1) is 45.0 Å². The van der Waals surface area contributed by atoms with Gasteiger partial charge in [-0.2, -0.15) is 0 Å². The molecule has 0 N–H and O–H groups in total. The first-order valence-electron chi connectivity index (χ1n) is 10.6. The van der Waals surface area contributed by atoms with Crippen LogP contribution >= 0.6 is 0 Å². The second-order valence-corrected chi connectivity index (χ2v) is 7.99. The van der Waals surface area contributed by atoms with Crippen LogP contribution in [0.2, 0.25) is 0 Å². The van der Waals surface area contributed by atoms with E-state index in [2.05, 4.69) is 4.99 Å². The second kappa shape index (κ2) is 8.47. The van der Waals surface area contributed by atoms with Crippen LogP contribution in [-0.4, -0.2) is 81.8 Å². The van der Waals surface area contributed by atoms with Crippen molar-refractivity contribution >= 4 is 35.5 Å². The molecule has 11 nitrogen and oxygen atoms in total. The van der Waals surface area contributed by atoms with E-state index in [9.17, 15) is 19.2 Å². The van der Waals surface area contributed by atoms with Crippen molar-refractivity contribution in [3.05, 3.63) is 41.1 Å². The highest BCUT2D eigenvalue weighted by Crippen LogP contribution is 2.57. The van der Waals surface area contributed by atoms with Crippen LogP contribution in [0, 0.1) is 0 Å². The molecule has 3 atom stereocenters. The molecule has 0 aromatic heterocycles. The first kappa shape index (κ1) is 23.3. The molecule has 11 heteroatoms. The van der Waals surface area contributed by atoms with Gasteiger partial charge in [-0.25, -0.2) is 29.1 Å². The number of carbonyl (C=O) groups is 4. The van der Waals surface area contributed by atoms with Gasteiger partial charge >= 0.3 is 24.0 Å². The molecule has 0 aliphatic carbocycles. The largest absolute Gasteiger partial charge is 0.467 e. The summed E-state index contributed by atoms with van der Waals surface area (Å²) in [6.07, 6.45) is -0.761. The van der Waals surface area contributed by atoms with Gasteiger partial charge in [0.2, 0.25) is 0 Å². The summed E-state index contributed by atoms with van der Waals surface area (Å²) >= 11 is 0. The van der Waals surface area contributed by atoms with Gasteiger partial charge < -0.3 is 23.8 Å². The monoisotopic (exact) mass is 471 g/mol. The van der Waals surface area contributed by atoms with Gasteiger partial charge in [0.15, 0.2) is 5.70 Å². The highest BCUT2D eigenvalue weighted by molar-refractivity contribution is 6.16. The summed E-state index contributed by atoms with van der Waals surface area (Å²) < 4.78 is 20.2. The first-order valence-corrected chi connectivity index (χ1v) is 10.6. The number of anilines is 1. The van der Waals surface area contributed by atoms with Crippen LogP contribution in [0.25, 0.3) is 0 Å². The van der Waals surface area contributed by atoms with Gasteiger partial charge in [-0.15, -0.1) is 0 Å². The minimum absolute atomic E-state index is 0.0221. The molecule has 2 unspecified atom stereocenters. The van der Waals surface area contributed by atoms with E-state index < -0.39 is 41.5 Å². The van der Waals surface area contributed by atoms with Crippen molar-refractivity contribution in [3.63, 3.8) is 0 Å². The molecule has 34 heavy (non-hydrogen) atoms. The summed E-state index contributed by atoms with van der Waals surface area (Å²) in [6, 6.07) is 5.44. The molecule has 1 amide bonds. The maximum atomic E-state index is 13.1. The summed E-state index contributed by atoms with van der Waals surface area (Å²) in [5, 5.41) is 0. The zero-order valence-electron chi connectivity index (χ0n) is 19.5. The van der Waals surface area contributed by atoms with E-state index in [1.54, 1.807) is 14.0 Å². The predicted octanol–water partition coefficient (Wildman–Crippen LogP) is 1.16. The molecule has 3 aliphatic heterocycles. The minimum Gasteiger partial charge on any atom is -0.467 e. The maximum absolute atomic E-state index is 13.1. The van der Waals surface area contributed by atoms with Crippen molar-refractivity contribution in [2.45, 2.75) is 30.8 Å². The number of methoxy groups -OCH3 is 3. The van der Waals surface area contributed by atoms with Crippen LogP contribution < -0.4 is 4.90 Å². The molecule has 3 heterocycles. The number of amidine groups is 1. The second-order valence-electron chi connectivity index (χ2n) is 7.99. The number of nitrogens with zero attached hydrogens (tertiary/aromatic N) is 3. The number of para-hydroxylation sites is 1. The summed E-state index contributed by atoms with van der Waals surface area (Å²) in [5.74, 6) is -2.21. The molecule has 0 bridgehead atoms. The molecule has 1 spiro atoms. The third kappa shape index (κ3) is 2.99. The number of hydrogen-bond acceptors (Lipinski definition) is 10. The van der Waals surface area contributed by atoms with Crippen molar-refractivity contribution in [2.75, 3.05) is 39.9 Å². The van der Waals surface area contributed by atoms with Crippen LogP contribution in [0.15, 0.2) is 40.5 Å². The summed E-state index contributed by atoms with van der Waals surface area (Å²) in [6.45, 7) is 1.69. The van der Waals surface area contributed by atoms with E-state index in [1.807, 2.05) is 29.2 Å². The average molecular weight is 471 g/mol. The molecule has 1 fully saturated rings. The number of hydrogen-bond donors (Lipinski definition) is 0. The molecule has 0 radical (unpaired) electrons. The van der Waals surface area contributed by atoms with E-state index in [1.165, 1.54) is 14.2 Å². The number of aliphatic imine (C=N–C) groups is 1. The molecule has 1 saturated heterocycles. The number of rotatable bonds is 4. The highest BCUT2D eigenvalue weighted by atomic mass is 16.6. The van der Waals surface area contributed by atoms with E-state index in [0.717, 1.165) is 23.3 Å². The van der Waals surface area contributed by atoms with Crippen LogP contribution in [0.3, 0.4) is 0 Å². The van der Waals surface area contributed by atoms with Gasteiger partial charge in [0.1, 0.15) is 11.9 Å². The number of likely N-dealkylation sites (tertiary alicyclic amines) is 1. The quantitative estimate of drug-likeness (QED) is 0.470. The number of esters is 3. The Kier molecular flexibility index (Phi) is 5.80. The zero-order valence-corrected chi connectivity index (χ0v) is 19.5. The maximum Gasteiger partial charge on any atom is 0.416 e. The van der Waals surface area contributed by atoms with Crippen LogP contribution in [-0.2, 0) is 38.7 Å². The minimum atomic E-state index is -1.14. The smallest absolute Gasteiger partial charge is 0.416 e. The fraction of sp³-hybridized carbons (Fsp3) is 0.435. The van der Waals surface area contributed by atoms with Crippen LogP contribution in [0.1, 0.15) is 18.9 Å². The van der Waals surface area contributed by atoms with E-state index >= 15 is 0 Å². The first-order chi connectivity index (χ1) is 16.3. The fourth-order valence-corrected chi connectivity index (χ4v) is 5.28. The lowest BCUT2D eigenvalue weighted by atomic mass is 9.69. The number of fused-ring (bicyclic) bond motifs is 1. The lowest BCUT2D eigenvalue weighted by Gasteiger charge is -2.39. The molecule has 3 aliphatic rings. The third-order valence-electron chi connectivity index (χ3n) is 6.54. The number of ether oxygens (including phenoxy) is 4. The van der Waals surface area contributed by atoms with Crippen LogP contribution in [0.5, 0.6) is 0 Å². The Labute approximate surface area is 195 Å². The fourth-order valence-electron chi connectivity index (χ4n) is 5.28. The standard InChI is InChI=1S/C23H25N3O8/c1-6-34-22(30)26-14(18(27)31-3)11-23-12-9-7-8-10-13(12)25(2)17(23)15(19(28)32-4)16(20(29)33-5)24-21(23)26/h7-10,14,17H,6,11H2,1-5H3/t14?,17?,23-/m0/s1. The van der Waals surface area contributed by atoms with Gasteiger partial charge in [-0.3, -0.25) is 0 Å². The number of amides is 1.